The van der Waals surface area contributed by atoms with Crippen LogP contribution in [0.25, 0.3) is 50.8 Å². The molecule has 0 saturated heterocycles. The lowest BCUT2D eigenvalue weighted by Gasteiger charge is -2.37. The van der Waals surface area contributed by atoms with E-state index in [1.165, 1.54) is 16.7 Å². The standard InChI is InChI=1S/C45H35N3O4/c1-44(2)35-18-12-11-17-31(35)38-33-25-36(50-3)37(51-4)26-34(33)40-32(39(38)44)23-24-45(52-40,29-19-21-30(49)22-20-29)43-47-41(27-13-7-5-8-14-27)46-42(48-43)28-15-9-6-10-16-28/h5-26,49H,1-4H3. The first-order chi connectivity index (χ1) is 25.3. The van der Waals surface area contributed by atoms with E-state index >= 15 is 0 Å². The number of aromatic nitrogens is 3. The summed E-state index contributed by atoms with van der Waals surface area (Å²) < 4.78 is 19.2. The normalized spacial score (nSPS) is 16.5. The van der Waals surface area contributed by atoms with Crippen LogP contribution in [0.15, 0.2) is 127 Å². The zero-order chi connectivity index (χ0) is 35.6. The minimum absolute atomic E-state index is 0.143. The van der Waals surface area contributed by atoms with Crippen LogP contribution in [0.2, 0.25) is 0 Å². The molecule has 7 nitrogen and oxygen atoms in total. The minimum Gasteiger partial charge on any atom is -0.508 e. The third kappa shape index (κ3) is 4.69. The van der Waals surface area contributed by atoms with Gasteiger partial charge in [0.1, 0.15) is 11.5 Å². The van der Waals surface area contributed by atoms with Gasteiger partial charge in [0, 0.05) is 33.1 Å². The molecule has 6 aromatic carbocycles. The molecule has 0 amide bonds. The summed E-state index contributed by atoms with van der Waals surface area (Å²) in [6, 6.07) is 39.5. The van der Waals surface area contributed by atoms with E-state index in [1.54, 1.807) is 26.4 Å². The average molecular weight is 682 g/mol. The van der Waals surface area contributed by atoms with Crippen molar-refractivity contribution in [1.29, 1.82) is 0 Å². The lowest BCUT2D eigenvalue weighted by molar-refractivity contribution is 0.152. The molecule has 1 aliphatic heterocycles. The van der Waals surface area contributed by atoms with Crippen LogP contribution in [0.3, 0.4) is 0 Å². The lowest BCUT2D eigenvalue weighted by atomic mass is 9.77. The molecule has 0 spiro atoms. The number of phenolic OH excluding ortho intramolecular Hbond substituents is 1. The van der Waals surface area contributed by atoms with Gasteiger partial charge in [-0.1, -0.05) is 117 Å². The molecule has 0 saturated carbocycles. The van der Waals surface area contributed by atoms with Crippen molar-refractivity contribution in [2.75, 3.05) is 14.2 Å². The zero-order valence-corrected chi connectivity index (χ0v) is 29.2. The summed E-state index contributed by atoms with van der Waals surface area (Å²) in [6.45, 7) is 4.54. The molecule has 0 radical (unpaired) electrons. The molecule has 1 N–H and O–H groups in total. The smallest absolute Gasteiger partial charge is 0.212 e. The summed E-state index contributed by atoms with van der Waals surface area (Å²) >= 11 is 0. The number of rotatable bonds is 6. The topological polar surface area (TPSA) is 86.6 Å². The first kappa shape index (κ1) is 31.5. The summed E-state index contributed by atoms with van der Waals surface area (Å²) in [5.41, 5.74) is 6.52. The number of phenols is 1. The van der Waals surface area contributed by atoms with Gasteiger partial charge in [-0.3, -0.25) is 0 Å². The van der Waals surface area contributed by atoms with Crippen LogP contribution in [0, 0.1) is 0 Å². The van der Waals surface area contributed by atoms with Gasteiger partial charge in [0.25, 0.3) is 0 Å². The molecule has 1 atom stereocenters. The molecular weight excluding hydrogens is 647 g/mol. The molecule has 1 aliphatic carbocycles. The Morgan fingerprint density at radius 2 is 1.23 bits per heavy atom. The Balaban J connectivity index is 1.38. The highest BCUT2D eigenvalue weighted by atomic mass is 16.5. The van der Waals surface area contributed by atoms with Crippen molar-refractivity contribution in [2.45, 2.75) is 24.9 Å². The van der Waals surface area contributed by atoms with Crippen LogP contribution >= 0.6 is 0 Å². The van der Waals surface area contributed by atoms with Crippen LogP contribution < -0.4 is 14.2 Å². The van der Waals surface area contributed by atoms with Gasteiger partial charge in [0.15, 0.2) is 29.0 Å². The summed E-state index contributed by atoms with van der Waals surface area (Å²) in [5.74, 6) is 3.49. The molecule has 0 fully saturated rings. The predicted octanol–water partition coefficient (Wildman–Crippen LogP) is 9.74. The molecule has 2 heterocycles. The van der Waals surface area contributed by atoms with Crippen molar-refractivity contribution in [3.05, 3.63) is 155 Å². The lowest BCUT2D eigenvalue weighted by Crippen LogP contribution is -2.37. The monoisotopic (exact) mass is 681 g/mol. The molecule has 7 heteroatoms. The van der Waals surface area contributed by atoms with Gasteiger partial charge >= 0.3 is 0 Å². The van der Waals surface area contributed by atoms with E-state index in [2.05, 4.69) is 50.3 Å². The van der Waals surface area contributed by atoms with Crippen LogP contribution in [-0.4, -0.2) is 34.3 Å². The number of hydrogen-bond acceptors (Lipinski definition) is 7. The fourth-order valence-electron chi connectivity index (χ4n) is 7.86. The summed E-state index contributed by atoms with van der Waals surface area (Å²) in [7, 11) is 3.30. The van der Waals surface area contributed by atoms with Gasteiger partial charge in [-0.25, -0.2) is 15.0 Å². The second kappa shape index (κ2) is 11.8. The summed E-state index contributed by atoms with van der Waals surface area (Å²) in [6.07, 6.45) is 4.20. The first-order valence-electron chi connectivity index (χ1n) is 17.2. The van der Waals surface area contributed by atoms with Crippen LogP contribution in [0.4, 0.5) is 0 Å². The van der Waals surface area contributed by atoms with Gasteiger partial charge < -0.3 is 19.3 Å². The maximum atomic E-state index is 10.4. The van der Waals surface area contributed by atoms with Crippen LogP contribution in [-0.2, 0) is 11.0 Å². The average Bonchev–Trinajstić information content (AvgIpc) is 3.44. The van der Waals surface area contributed by atoms with Crippen LogP contribution in [0.1, 0.15) is 41.9 Å². The second-order valence-electron chi connectivity index (χ2n) is 13.7. The number of nitrogens with zero attached hydrogens (tertiary/aromatic N) is 3. The van der Waals surface area contributed by atoms with E-state index in [-0.39, 0.29) is 11.2 Å². The Kier molecular flexibility index (Phi) is 7.16. The van der Waals surface area contributed by atoms with E-state index in [4.69, 9.17) is 29.2 Å². The van der Waals surface area contributed by atoms with E-state index < -0.39 is 5.60 Å². The predicted molar refractivity (Wildman–Crippen MR) is 204 cm³/mol. The summed E-state index contributed by atoms with van der Waals surface area (Å²) in [5, 5.41) is 12.3. The van der Waals surface area contributed by atoms with Crippen molar-refractivity contribution in [3.63, 3.8) is 0 Å². The van der Waals surface area contributed by atoms with Crippen molar-refractivity contribution >= 4 is 16.8 Å². The van der Waals surface area contributed by atoms with Crippen molar-refractivity contribution in [1.82, 2.24) is 15.0 Å². The molecule has 1 aromatic heterocycles. The third-order valence-electron chi connectivity index (χ3n) is 10.4. The first-order valence-corrected chi connectivity index (χ1v) is 17.2. The Hall–Kier alpha value is -6.47. The number of benzene rings is 6. The Labute approximate surface area is 301 Å². The number of ether oxygens (including phenoxy) is 3. The molecule has 2 aliphatic rings. The van der Waals surface area contributed by atoms with Gasteiger partial charge in [-0.05, 0) is 58.0 Å². The Morgan fingerprint density at radius 1 is 0.654 bits per heavy atom. The van der Waals surface area contributed by atoms with Gasteiger partial charge in [-0.15, -0.1) is 0 Å². The summed E-state index contributed by atoms with van der Waals surface area (Å²) in [4.78, 5) is 15.3. The fraction of sp³-hybridized carbons (Fsp3) is 0.133. The highest BCUT2D eigenvalue weighted by Gasteiger charge is 2.46. The van der Waals surface area contributed by atoms with Crippen molar-refractivity contribution in [3.8, 4) is 56.9 Å². The molecule has 254 valence electrons. The zero-order valence-electron chi connectivity index (χ0n) is 29.2. The minimum atomic E-state index is -1.32. The maximum absolute atomic E-state index is 10.4. The van der Waals surface area contributed by atoms with E-state index in [9.17, 15) is 5.11 Å². The molecular formula is C45H35N3O4. The largest absolute Gasteiger partial charge is 0.508 e. The highest BCUT2D eigenvalue weighted by molar-refractivity contribution is 6.09. The van der Waals surface area contributed by atoms with Crippen molar-refractivity contribution in [2.24, 2.45) is 0 Å². The number of hydrogen-bond donors (Lipinski definition) is 1. The Morgan fingerprint density at radius 3 is 1.85 bits per heavy atom. The van der Waals surface area contributed by atoms with Gasteiger partial charge in [0.2, 0.25) is 5.60 Å². The SMILES string of the molecule is COc1cc2c3c(c4c(c2cc1OC)-c1ccccc1C4(C)C)C=CC(c1ccc(O)cc1)(c1nc(-c2ccccc2)nc(-c2ccccc2)n1)O3. The number of aromatic hydroxyl groups is 1. The Bertz CT molecular complexity index is 2490. The van der Waals surface area contributed by atoms with Gasteiger partial charge in [-0.2, -0.15) is 0 Å². The number of methoxy groups -OCH3 is 2. The van der Waals surface area contributed by atoms with E-state index in [0.29, 0.717) is 34.7 Å². The second-order valence-corrected chi connectivity index (χ2v) is 13.7. The number of fused-ring (bicyclic) bond motifs is 8. The highest BCUT2D eigenvalue weighted by Crippen LogP contribution is 2.59. The molecule has 9 rings (SSSR count). The van der Waals surface area contributed by atoms with E-state index in [1.807, 2.05) is 84.9 Å². The maximum Gasteiger partial charge on any atom is 0.212 e. The molecule has 0 bridgehead atoms. The van der Waals surface area contributed by atoms with Crippen molar-refractivity contribution < 1.29 is 19.3 Å². The quantitative estimate of drug-likeness (QED) is 0.187. The van der Waals surface area contributed by atoms with Crippen LogP contribution in [0.5, 0.6) is 23.0 Å². The molecule has 52 heavy (non-hydrogen) atoms. The van der Waals surface area contributed by atoms with E-state index in [0.717, 1.165) is 38.6 Å². The molecule has 7 aromatic rings. The van der Waals surface area contributed by atoms with Gasteiger partial charge in [0.05, 0.1) is 14.2 Å². The fourth-order valence-corrected chi connectivity index (χ4v) is 7.86. The molecule has 1 unspecified atom stereocenters. The third-order valence-corrected chi connectivity index (χ3v) is 10.4.